The summed E-state index contributed by atoms with van der Waals surface area (Å²) in [7, 11) is 1.99. The standard InChI is InChI=1S/C33H43NO10/c1-6-7-8-9-23(37)18(2)27(42-20(4)36)31(39)41-19(3)30(38)43-24-12-13-33(40)25-16-21-10-11-22(17-35)28-26(21)32(33,29(24)44-28)14-15-34(25)5/h10-12,18-19,25,27,29,35,40H,6-9,13-17H2,1-5H3/t18-,19-,25+,27+,29-,32-,33+/m0/s1. The Hall–Kier alpha value is -3.28. The number of carbonyl (C=O) groups excluding carboxylic acids is 4. The van der Waals surface area contributed by atoms with E-state index in [1.165, 1.54) is 13.8 Å². The second kappa shape index (κ2) is 12.3. The number of hydrogen-bond acceptors (Lipinski definition) is 11. The molecular formula is C33H43NO10. The van der Waals surface area contributed by atoms with Gasteiger partial charge in [0.1, 0.15) is 17.3 Å². The quantitative estimate of drug-likeness (QED) is 0.204. The van der Waals surface area contributed by atoms with E-state index in [4.69, 9.17) is 18.9 Å². The first-order valence-electron chi connectivity index (χ1n) is 15.6. The molecule has 0 radical (unpaired) electrons. The normalized spacial score (nSPS) is 28.5. The highest BCUT2D eigenvalue weighted by atomic mass is 16.6. The van der Waals surface area contributed by atoms with Crippen LogP contribution >= 0.6 is 0 Å². The van der Waals surface area contributed by atoms with Crippen molar-refractivity contribution >= 4 is 23.7 Å². The highest BCUT2D eigenvalue weighted by molar-refractivity contribution is 5.90. The SMILES string of the molecule is CCCCCC(=O)[C@H](C)[C@@H](OC(C)=O)C(=O)O[C@@H](C)C(=O)OC1=CC[C@@]2(O)[C@H]3Cc4ccc(CO)c5c4[C@@]2(CCN3C)[C@H]1O5. The smallest absolute Gasteiger partial charge is 0.352 e. The number of ketones is 1. The summed E-state index contributed by atoms with van der Waals surface area (Å²) >= 11 is 0. The van der Waals surface area contributed by atoms with Crippen LogP contribution in [0.3, 0.4) is 0 Å². The molecule has 44 heavy (non-hydrogen) atoms. The summed E-state index contributed by atoms with van der Waals surface area (Å²) in [5.74, 6) is -3.11. The summed E-state index contributed by atoms with van der Waals surface area (Å²) in [6.07, 6.45) is 1.99. The Labute approximate surface area is 257 Å². The third-order valence-electron chi connectivity index (χ3n) is 9.98. The minimum atomic E-state index is -1.50. The summed E-state index contributed by atoms with van der Waals surface area (Å²) in [5.41, 5.74) is 0.406. The molecule has 0 unspecified atom stereocenters. The predicted octanol–water partition coefficient (Wildman–Crippen LogP) is 2.65. The number of likely N-dealkylation sites (tertiary alicyclic amines) is 1. The summed E-state index contributed by atoms with van der Waals surface area (Å²) in [6.45, 7) is 6.43. The highest BCUT2D eigenvalue weighted by Crippen LogP contribution is 2.64. The van der Waals surface area contributed by atoms with Crippen LogP contribution in [0, 0.1) is 5.92 Å². The first-order chi connectivity index (χ1) is 20.9. The van der Waals surface area contributed by atoms with Crippen molar-refractivity contribution in [3.8, 4) is 5.75 Å². The van der Waals surface area contributed by atoms with Gasteiger partial charge < -0.3 is 34.1 Å². The zero-order chi connectivity index (χ0) is 32.0. The van der Waals surface area contributed by atoms with Gasteiger partial charge in [0.25, 0.3) is 0 Å². The molecule has 5 rings (SSSR count). The molecule has 0 aromatic heterocycles. The fourth-order valence-electron chi connectivity index (χ4n) is 7.60. The predicted molar refractivity (Wildman–Crippen MR) is 156 cm³/mol. The van der Waals surface area contributed by atoms with Crippen LogP contribution < -0.4 is 4.74 Å². The van der Waals surface area contributed by atoms with Crippen LogP contribution in [0.25, 0.3) is 0 Å². The second-order valence-electron chi connectivity index (χ2n) is 12.6. The first kappa shape index (κ1) is 32.1. The van der Waals surface area contributed by atoms with Crippen LogP contribution in [-0.2, 0) is 51.8 Å². The lowest BCUT2D eigenvalue weighted by Crippen LogP contribution is -2.74. The number of ether oxygens (including phenoxy) is 4. The third-order valence-corrected chi connectivity index (χ3v) is 9.98. The number of nitrogens with zero attached hydrogens (tertiary/aromatic N) is 1. The summed E-state index contributed by atoms with van der Waals surface area (Å²) in [4.78, 5) is 53.1. The first-order valence-corrected chi connectivity index (χ1v) is 15.6. The highest BCUT2D eigenvalue weighted by Gasteiger charge is 2.72. The van der Waals surface area contributed by atoms with E-state index in [1.807, 2.05) is 26.1 Å². The van der Waals surface area contributed by atoms with Crippen molar-refractivity contribution in [1.29, 1.82) is 0 Å². The minimum absolute atomic E-state index is 0.181. The molecule has 240 valence electrons. The number of aliphatic hydroxyl groups is 2. The van der Waals surface area contributed by atoms with Crippen molar-refractivity contribution in [3.63, 3.8) is 0 Å². The molecule has 2 heterocycles. The number of unbranched alkanes of at least 4 members (excludes halogenated alkanes) is 2. The van der Waals surface area contributed by atoms with Gasteiger partial charge >= 0.3 is 17.9 Å². The average molecular weight is 614 g/mol. The van der Waals surface area contributed by atoms with Crippen molar-refractivity contribution in [2.75, 3.05) is 13.6 Å². The zero-order valence-electron chi connectivity index (χ0n) is 26.1. The summed E-state index contributed by atoms with van der Waals surface area (Å²) in [6, 6.07) is 3.62. The van der Waals surface area contributed by atoms with E-state index < -0.39 is 53.2 Å². The molecule has 1 fully saturated rings. The zero-order valence-corrected chi connectivity index (χ0v) is 26.1. The Morgan fingerprint density at radius 3 is 2.57 bits per heavy atom. The van der Waals surface area contributed by atoms with E-state index in [0.717, 1.165) is 30.9 Å². The topological polar surface area (TPSA) is 149 Å². The van der Waals surface area contributed by atoms with Crippen molar-refractivity contribution in [2.45, 2.75) is 115 Å². The van der Waals surface area contributed by atoms with Crippen molar-refractivity contribution in [2.24, 2.45) is 5.92 Å². The number of rotatable bonds is 12. The fourth-order valence-corrected chi connectivity index (χ4v) is 7.60. The van der Waals surface area contributed by atoms with Gasteiger partial charge in [-0.3, -0.25) is 9.59 Å². The molecular weight excluding hydrogens is 570 g/mol. The summed E-state index contributed by atoms with van der Waals surface area (Å²) < 4.78 is 22.9. The number of piperidine rings is 1. The lowest BCUT2D eigenvalue weighted by Gasteiger charge is -2.61. The molecule has 2 aliphatic heterocycles. The van der Waals surface area contributed by atoms with Crippen LogP contribution in [-0.4, -0.2) is 82.4 Å². The molecule has 1 aromatic carbocycles. The molecule has 0 saturated carbocycles. The number of carbonyl (C=O) groups is 4. The van der Waals surface area contributed by atoms with Gasteiger partial charge in [-0.15, -0.1) is 0 Å². The lowest BCUT2D eigenvalue weighted by atomic mass is 9.50. The Morgan fingerprint density at radius 1 is 1.14 bits per heavy atom. The van der Waals surface area contributed by atoms with Gasteiger partial charge in [0.15, 0.2) is 12.2 Å². The number of esters is 3. The molecule has 1 spiro atoms. The Balaban J connectivity index is 1.35. The number of aliphatic hydroxyl groups excluding tert-OH is 1. The molecule has 7 atom stereocenters. The fraction of sp³-hybridized carbons (Fsp3) is 0.636. The molecule has 0 amide bonds. The van der Waals surface area contributed by atoms with E-state index in [0.29, 0.717) is 37.1 Å². The Kier molecular flexibility index (Phi) is 8.94. The molecule has 1 saturated heterocycles. The van der Waals surface area contributed by atoms with Gasteiger partial charge in [-0.05, 0) is 51.4 Å². The largest absolute Gasteiger partial charge is 0.481 e. The monoisotopic (exact) mass is 613 g/mol. The van der Waals surface area contributed by atoms with Crippen LogP contribution in [0.5, 0.6) is 5.75 Å². The second-order valence-corrected chi connectivity index (χ2v) is 12.6. The molecule has 2 aliphatic carbocycles. The molecule has 4 aliphatic rings. The molecule has 2 N–H and O–H groups in total. The van der Waals surface area contributed by atoms with E-state index in [2.05, 4.69) is 4.90 Å². The Morgan fingerprint density at radius 2 is 1.89 bits per heavy atom. The van der Waals surface area contributed by atoms with Gasteiger partial charge in [-0.1, -0.05) is 38.8 Å². The number of hydrogen-bond donors (Lipinski definition) is 2. The van der Waals surface area contributed by atoms with Gasteiger partial charge in [-0.2, -0.15) is 0 Å². The van der Waals surface area contributed by atoms with Crippen LogP contribution in [0.2, 0.25) is 0 Å². The van der Waals surface area contributed by atoms with Crippen LogP contribution in [0.15, 0.2) is 24.0 Å². The van der Waals surface area contributed by atoms with Gasteiger partial charge in [-0.25, -0.2) is 9.59 Å². The molecule has 11 heteroatoms. The molecule has 1 aromatic rings. The van der Waals surface area contributed by atoms with Crippen molar-refractivity contribution in [1.82, 2.24) is 4.90 Å². The lowest BCUT2D eigenvalue weighted by molar-refractivity contribution is -0.182. The van der Waals surface area contributed by atoms with Crippen LogP contribution in [0.4, 0.5) is 0 Å². The van der Waals surface area contributed by atoms with Crippen LogP contribution in [0.1, 0.15) is 82.9 Å². The van der Waals surface area contributed by atoms with Gasteiger partial charge in [0, 0.05) is 36.9 Å². The van der Waals surface area contributed by atoms with Crippen molar-refractivity contribution in [3.05, 3.63) is 40.7 Å². The summed E-state index contributed by atoms with van der Waals surface area (Å²) in [5, 5.41) is 22.4. The maximum Gasteiger partial charge on any atom is 0.352 e. The molecule has 2 bridgehead atoms. The average Bonchev–Trinajstić information content (AvgIpc) is 3.34. The van der Waals surface area contributed by atoms with Gasteiger partial charge in [0.2, 0.25) is 6.10 Å². The third kappa shape index (κ3) is 5.12. The maximum atomic E-state index is 13.3. The minimum Gasteiger partial charge on any atom is -0.481 e. The van der Waals surface area contributed by atoms with E-state index in [1.54, 1.807) is 6.08 Å². The van der Waals surface area contributed by atoms with Gasteiger partial charge in [0.05, 0.1) is 23.5 Å². The van der Waals surface area contributed by atoms with E-state index in [9.17, 15) is 29.4 Å². The van der Waals surface area contributed by atoms with E-state index >= 15 is 0 Å². The number of Topliss-reactive ketones (excluding diaryl/α,β-unsaturated/α-hetero) is 1. The van der Waals surface area contributed by atoms with E-state index in [-0.39, 0.29) is 37.0 Å². The van der Waals surface area contributed by atoms with Crippen molar-refractivity contribution < 1.29 is 48.3 Å². The Bertz CT molecular complexity index is 1370. The molecule has 11 nitrogen and oxygen atoms in total. The number of likely N-dealkylation sites (N-methyl/N-ethyl adjacent to an activating group) is 1. The number of benzene rings is 1. The maximum absolute atomic E-state index is 13.3.